The Morgan fingerprint density at radius 3 is 2.75 bits per heavy atom. The summed E-state index contributed by atoms with van der Waals surface area (Å²) in [6.45, 7) is -0.325. The van der Waals surface area contributed by atoms with Crippen LogP contribution in [0.5, 0.6) is 0 Å². The lowest BCUT2D eigenvalue weighted by molar-refractivity contribution is -0.143. The van der Waals surface area contributed by atoms with Crippen molar-refractivity contribution in [3.63, 3.8) is 0 Å². The molecule has 2 rings (SSSR count). The second-order valence-corrected chi connectivity index (χ2v) is 4.54. The van der Waals surface area contributed by atoms with Gasteiger partial charge >= 0.3 is 5.97 Å². The van der Waals surface area contributed by atoms with Crippen LogP contribution in [0.2, 0.25) is 0 Å². The van der Waals surface area contributed by atoms with Crippen molar-refractivity contribution in [1.29, 1.82) is 0 Å². The van der Waals surface area contributed by atoms with Crippen LogP contribution >= 0.6 is 0 Å². The van der Waals surface area contributed by atoms with Gasteiger partial charge in [0.2, 0.25) is 5.91 Å². The number of aromatic nitrogens is 1. The number of hydrogen-bond acceptors (Lipinski definition) is 4. The molecule has 0 saturated heterocycles. The molecule has 1 amide bonds. The normalized spacial score (nSPS) is 10.4. The number of aliphatic carboxylic acids is 1. The highest BCUT2D eigenvalue weighted by Gasteiger charge is 2.13. The van der Waals surface area contributed by atoms with E-state index in [-0.39, 0.29) is 18.9 Å². The highest BCUT2D eigenvalue weighted by atomic mass is 16.4. The minimum absolute atomic E-state index is 0.0497. The van der Waals surface area contributed by atoms with Crippen molar-refractivity contribution in [2.45, 2.75) is 6.42 Å². The maximum absolute atomic E-state index is 11.9. The average molecular weight is 273 g/mol. The van der Waals surface area contributed by atoms with E-state index in [1.807, 2.05) is 18.2 Å². The minimum Gasteiger partial charge on any atom is -0.480 e. The first kappa shape index (κ1) is 13.8. The monoisotopic (exact) mass is 273 g/mol. The molecule has 0 fully saturated rings. The van der Waals surface area contributed by atoms with Gasteiger partial charge in [0, 0.05) is 12.4 Å². The number of pyridine rings is 1. The predicted molar refractivity (Wildman–Crippen MR) is 75.1 cm³/mol. The Bertz CT molecular complexity index is 670. The molecule has 0 bridgehead atoms. The van der Waals surface area contributed by atoms with E-state index in [1.54, 1.807) is 12.1 Å². The van der Waals surface area contributed by atoms with Gasteiger partial charge in [0.05, 0.1) is 23.3 Å². The molecule has 0 spiro atoms. The summed E-state index contributed by atoms with van der Waals surface area (Å²) in [6.07, 6.45) is 0.0497. The van der Waals surface area contributed by atoms with Crippen LogP contribution in [0.1, 0.15) is 5.69 Å². The first-order chi connectivity index (χ1) is 9.47. The molecular weight excluding hydrogens is 258 g/mol. The average Bonchev–Trinajstić information content (AvgIpc) is 2.39. The number of carbonyl (C=O) groups excluding carboxylic acids is 1. The van der Waals surface area contributed by atoms with Crippen molar-refractivity contribution < 1.29 is 14.7 Å². The Morgan fingerprint density at radius 1 is 1.30 bits per heavy atom. The molecule has 1 aromatic carbocycles. The quantitative estimate of drug-likeness (QED) is 0.807. The van der Waals surface area contributed by atoms with Crippen LogP contribution in [0.4, 0.5) is 5.69 Å². The number of carbonyl (C=O) groups is 2. The van der Waals surface area contributed by atoms with Gasteiger partial charge in [0.15, 0.2) is 0 Å². The summed E-state index contributed by atoms with van der Waals surface area (Å²) in [6, 6.07) is 9.07. The molecule has 3 N–H and O–H groups in total. The van der Waals surface area contributed by atoms with E-state index in [0.29, 0.717) is 16.9 Å². The fraction of sp³-hybridized carbons (Fsp3) is 0.214. The molecule has 0 aliphatic carbocycles. The summed E-state index contributed by atoms with van der Waals surface area (Å²) in [5.74, 6) is -1.34. The lowest BCUT2D eigenvalue weighted by Gasteiger charge is -2.14. The van der Waals surface area contributed by atoms with E-state index in [4.69, 9.17) is 10.8 Å². The lowest BCUT2D eigenvalue weighted by atomic mass is 10.1. The zero-order valence-electron chi connectivity index (χ0n) is 11.0. The Balaban J connectivity index is 2.20. The summed E-state index contributed by atoms with van der Waals surface area (Å²) >= 11 is 0. The number of carboxylic acids is 1. The van der Waals surface area contributed by atoms with Crippen molar-refractivity contribution in [3.05, 3.63) is 36.0 Å². The number of nitrogens with zero attached hydrogens (tertiary/aromatic N) is 2. The number of amides is 1. The van der Waals surface area contributed by atoms with E-state index >= 15 is 0 Å². The van der Waals surface area contributed by atoms with Crippen molar-refractivity contribution in [1.82, 2.24) is 9.88 Å². The Morgan fingerprint density at radius 2 is 2.05 bits per heavy atom. The number of likely N-dealkylation sites (N-methyl/N-ethyl adjacent to an activating group) is 1. The number of benzene rings is 1. The van der Waals surface area contributed by atoms with E-state index in [0.717, 1.165) is 10.3 Å². The van der Waals surface area contributed by atoms with Gasteiger partial charge in [-0.25, -0.2) is 0 Å². The summed E-state index contributed by atoms with van der Waals surface area (Å²) in [5.41, 5.74) is 7.62. The molecule has 0 radical (unpaired) electrons. The Kier molecular flexibility index (Phi) is 3.84. The summed E-state index contributed by atoms with van der Waals surface area (Å²) in [7, 11) is 1.45. The maximum atomic E-state index is 11.9. The second kappa shape index (κ2) is 5.56. The van der Waals surface area contributed by atoms with Gasteiger partial charge in [-0.3, -0.25) is 14.6 Å². The number of nitrogens with two attached hydrogens (primary N) is 1. The first-order valence-corrected chi connectivity index (χ1v) is 6.07. The van der Waals surface area contributed by atoms with E-state index in [1.165, 1.54) is 7.05 Å². The molecule has 0 aliphatic rings. The van der Waals surface area contributed by atoms with Gasteiger partial charge in [0.25, 0.3) is 0 Å². The molecule has 6 nitrogen and oxygen atoms in total. The molecule has 1 heterocycles. The van der Waals surface area contributed by atoms with Gasteiger partial charge in [-0.15, -0.1) is 0 Å². The molecule has 0 aliphatic heterocycles. The number of para-hydroxylation sites is 1. The lowest BCUT2D eigenvalue weighted by Crippen LogP contribution is -2.33. The van der Waals surface area contributed by atoms with E-state index in [2.05, 4.69) is 4.98 Å². The standard InChI is InChI=1S/C14H15N3O3/c1-17(8-13(19)20)12(18)7-10-6-5-9-3-2-4-11(15)14(9)16-10/h2-6H,7-8,15H2,1H3,(H,19,20). The number of fused-ring (bicyclic) bond motifs is 1. The molecule has 20 heavy (non-hydrogen) atoms. The fourth-order valence-electron chi connectivity index (χ4n) is 1.89. The van der Waals surface area contributed by atoms with Crippen molar-refractivity contribution >= 4 is 28.5 Å². The van der Waals surface area contributed by atoms with E-state index < -0.39 is 5.97 Å². The molecule has 2 aromatic rings. The number of nitrogen functional groups attached to an aromatic ring is 1. The molecule has 0 unspecified atom stereocenters. The molecule has 0 saturated carbocycles. The minimum atomic E-state index is -1.04. The van der Waals surface area contributed by atoms with Gasteiger partial charge in [0.1, 0.15) is 6.54 Å². The van der Waals surface area contributed by atoms with Crippen molar-refractivity contribution in [2.24, 2.45) is 0 Å². The van der Waals surface area contributed by atoms with Crippen molar-refractivity contribution in [3.8, 4) is 0 Å². The molecule has 6 heteroatoms. The maximum Gasteiger partial charge on any atom is 0.323 e. The topological polar surface area (TPSA) is 96.5 Å². The molecule has 1 aromatic heterocycles. The first-order valence-electron chi connectivity index (χ1n) is 6.07. The van der Waals surface area contributed by atoms with E-state index in [9.17, 15) is 9.59 Å². The summed E-state index contributed by atoms with van der Waals surface area (Å²) in [5, 5.41) is 9.55. The van der Waals surface area contributed by atoms with Gasteiger partial charge in [-0.1, -0.05) is 18.2 Å². The second-order valence-electron chi connectivity index (χ2n) is 4.54. The van der Waals surface area contributed by atoms with Crippen LogP contribution in [0.15, 0.2) is 30.3 Å². The zero-order chi connectivity index (χ0) is 14.7. The number of hydrogen-bond donors (Lipinski definition) is 2. The summed E-state index contributed by atoms with van der Waals surface area (Å²) < 4.78 is 0. The van der Waals surface area contributed by atoms with Crippen LogP contribution in [-0.2, 0) is 16.0 Å². The zero-order valence-corrected chi connectivity index (χ0v) is 11.0. The third-order valence-corrected chi connectivity index (χ3v) is 2.94. The smallest absolute Gasteiger partial charge is 0.323 e. The van der Waals surface area contributed by atoms with Crippen LogP contribution in [0, 0.1) is 0 Å². The van der Waals surface area contributed by atoms with Crippen LogP contribution in [0.3, 0.4) is 0 Å². The summed E-state index contributed by atoms with van der Waals surface area (Å²) in [4.78, 5) is 27.9. The van der Waals surface area contributed by atoms with Crippen LogP contribution in [-0.4, -0.2) is 40.5 Å². The predicted octanol–water partition coefficient (Wildman–Crippen LogP) is 0.902. The van der Waals surface area contributed by atoms with Gasteiger partial charge < -0.3 is 15.7 Å². The highest BCUT2D eigenvalue weighted by Crippen LogP contribution is 2.19. The van der Waals surface area contributed by atoms with Crippen molar-refractivity contribution in [2.75, 3.05) is 19.3 Å². The van der Waals surface area contributed by atoms with Gasteiger partial charge in [-0.2, -0.15) is 0 Å². The molecule has 104 valence electrons. The molecule has 0 atom stereocenters. The van der Waals surface area contributed by atoms with Gasteiger partial charge in [-0.05, 0) is 12.1 Å². The Labute approximate surface area is 115 Å². The Hall–Kier alpha value is -2.63. The SMILES string of the molecule is CN(CC(=O)O)C(=O)Cc1ccc2cccc(N)c2n1. The highest BCUT2D eigenvalue weighted by molar-refractivity contribution is 5.90. The van der Waals surface area contributed by atoms with Crippen LogP contribution < -0.4 is 5.73 Å². The number of anilines is 1. The number of rotatable bonds is 4. The number of carboxylic acid groups (broad SMARTS) is 1. The largest absolute Gasteiger partial charge is 0.480 e. The fourth-order valence-corrected chi connectivity index (χ4v) is 1.89. The molecular formula is C14H15N3O3. The third-order valence-electron chi connectivity index (χ3n) is 2.94. The van der Waals surface area contributed by atoms with Crippen LogP contribution in [0.25, 0.3) is 10.9 Å². The third kappa shape index (κ3) is 3.03.